The van der Waals surface area contributed by atoms with Crippen LogP contribution in [0.1, 0.15) is 75.9 Å². The van der Waals surface area contributed by atoms with Crippen molar-refractivity contribution in [3.8, 4) is 0 Å². The number of rotatable bonds is 6. The first-order valence-corrected chi connectivity index (χ1v) is 12.4. The van der Waals surface area contributed by atoms with Gasteiger partial charge in [0.15, 0.2) is 0 Å². The van der Waals surface area contributed by atoms with Crippen molar-refractivity contribution in [3.63, 3.8) is 0 Å². The summed E-state index contributed by atoms with van der Waals surface area (Å²) in [6, 6.07) is 6.65. The number of alkyl carbamates (subject to hydrolysis) is 1. The second-order valence-corrected chi connectivity index (χ2v) is 10.4. The number of benzene rings is 1. The number of aromatic nitrogens is 2. The highest BCUT2D eigenvalue weighted by Gasteiger charge is 2.31. The number of amides is 2. The van der Waals surface area contributed by atoms with Gasteiger partial charge in [0, 0.05) is 24.6 Å². The Kier molecular flexibility index (Phi) is 7.42. The number of hydrogen-bond donors (Lipinski definition) is 4. The Balaban J connectivity index is 1.35. The Hall–Kier alpha value is -3.69. The monoisotopic (exact) mass is 494 g/mol. The fourth-order valence-electron chi connectivity index (χ4n) is 4.62. The van der Waals surface area contributed by atoms with E-state index < -0.39 is 17.7 Å². The summed E-state index contributed by atoms with van der Waals surface area (Å²) in [5.74, 6) is 0.341. The van der Waals surface area contributed by atoms with E-state index in [-0.39, 0.29) is 29.9 Å². The van der Waals surface area contributed by atoms with Crippen LogP contribution in [0.15, 0.2) is 35.3 Å². The van der Waals surface area contributed by atoms with E-state index in [2.05, 4.69) is 20.9 Å². The molecule has 1 fully saturated rings. The first kappa shape index (κ1) is 25.4. The molecule has 0 spiro atoms. The zero-order valence-electron chi connectivity index (χ0n) is 21.0. The van der Waals surface area contributed by atoms with Crippen LogP contribution < -0.4 is 21.5 Å². The quantitative estimate of drug-likeness (QED) is 0.359. The summed E-state index contributed by atoms with van der Waals surface area (Å²) >= 11 is 0. The maximum absolute atomic E-state index is 13.1. The van der Waals surface area contributed by atoms with Crippen molar-refractivity contribution in [1.82, 2.24) is 20.2 Å². The van der Waals surface area contributed by atoms with Gasteiger partial charge in [0.1, 0.15) is 29.0 Å². The average molecular weight is 495 g/mol. The van der Waals surface area contributed by atoms with E-state index in [4.69, 9.17) is 10.1 Å². The van der Waals surface area contributed by atoms with Crippen LogP contribution in [0.3, 0.4) is 0 Å². The lowest BCUT2D eigenvalue weighted by molar-refractivity contribution is -0.124. The molecular formula is C26H34N6O4. The summed E-state index contributed by atoms with van der Waals surface area (Å²) < 4.78 is 6.70. The highest BCUT2D eigenvalue weighted by atomic mass is 16.6. The molecule has 36 heavy (non-hydrogen) atoms. The molecule has 10 heteroatoms. The van der Waals surface area contributed by atoms with E-state index in [9.17, 15) is 14.4 Å². The van der Waals surface area contributed by atoms with E-state index in [0.29, 0.717) is 29.9 Å². The van der Waals surface area contributed by atoms with Crippen LogP contribution in [0.4, 0.5) is 10.5 Å². The lowest BCUT2D eigenvalue weighted by Gasteiger charge is -2.19. The molecule has 4 N–H and O–H groups in total. The van der Waals surface area contributed by atoms with Crippen molar-refractivity contribution in [1.29, 1.82) is 5.41 Å². The van der Waals surface area contributed by atoms with Gasteiger partial charge >= 0.3 is 6.09 Å². The highest BCUT2D eigenvalue weighted by Crippen LogP contribution is 2.25. The third-order valence-corrected chi connectivity index (χ3v) is 6.38. The normalized spacial score (nSPS) is 17.4. The molecule has 2 amide bonds. The minimum Gasteiger partial charge on any atom is -0.444 e. The predicted octanol–water partition coefficient (Wildman–Crippen LogP) is 3.25. The standard InChI is InChI=1S/C26H34N6O4/c1-26(2,3)36-25(35)31-22(27)17-10-8-16(9-11-17)14-29-23(33)20-12-13-21-28-15-19(24(34)32(20)21)30-18-6-4-5-7-18/h8-11,15,18,20,30H,4-7,12-14H2,1-3H3,(H,29,33)(H2,27,31,35). The van der Waals surface area contributed by atoms with E-state index in [1.54, 1.807) is 51.2 Å². The summed E-state index contributed by atoms with van der Waals surface area (Å²) in [4.78, 5) is 42.4. The molecule has 10 nitrogen and oxygen atoms in total. The van der Waals surface area contributed by atoms with Crippen molar-refractivity contribution in [2.75, 3.05) is 5.32 Å². The molecule has 1 unspecified atom stereocenters. The molecule has 0 bridgehead atoms. The van der Waals surface area contributed by atoms with Gasteiger partial charge in [-0.05, 0) is 45.6 Å². The van der Waals surface area contributed by atoms with Crippen LogP contribution >= 0.6 is 0 Å². The molecule has 1 aromatic heterocycles. The average Bonchev–Trinajstić information content (AvgIpc) is 3.48. The second kappa shape index (κ2) is 10.5. The number of carbonyl (C=O) groups excluding carboxylic acids is 2. The van der Waals surface area contributed by atoms with Gasteiger partial charge in [-0.15, -0.1) is 0 Å². The number of fused-ring (bicyclic) bond motifs is 1. The summed E-state index contributed by atoms with van der Waals surface area (Å²) in [7, 11) is 0. The zero-order chi connectivity index (χ0) is 25.9. The van der Waals surface area contributed by atoms with E-state index in [1.165, 1.54) is 4.57 Å². The molecule has 0 saturated heterocycles. The summed E-state index contributed by atoms with van der Waals surface area (Å²) in [6.45, 7) is 5.54. The summed E-state index contributed by atoms with van der Waals surface area (Å²) in [5, 5.41) is 16.7. The number of hydrogen-bond acceptors (Lipinski definition) is 7. The molecule has 1 aliphatic carbocycles. The lowest BCUT2D eigenvalue weighted by Crippen LogP contribution is -2.37. The minimum absolute atomic E-state index is 0.0729. The molecule has 2 aromatic rings. The SMILES string of the molecule is CC(C)(C)OC(=O)NC(=N)c1ccc(CNC(=O)C2CCc3ncc(NC4CCCC4)c(=O)n32)cc1. The predicted molar refractivity (Wildman–Crippen MR) is 136 cm³/mol. The van der Waals surface area contributed by atoms with Crippen molar-refractivity contribution in [2.45, 2.75) is 83.5 Å². The molecule has 192 valence electrons. The van der Waals surface area contributed by atoms with Gasteiger partial charge in [0.2, 0.25) is 5.91 Å². The Morgan fingerprint density at radius 3 is 2.50 bits per heavy atom. The maximum Gasteiger partial charge on any atom is 0.413 e. The Bertz CT molecular complexity index is 1190. The maximum atomic E-state index is 13.1. The molecule has 2 heterocycles. The number of carbonyl (C=O) groups is 2. The van der Waals surface area contributed by atoms with Gasteiger partial charge in [0.25, 0.3) is 5.56 Å². The summed E-state index contributed by atoms with van der Waals surface area (Å²) in [6.07, 6.45) is 6.43. The summed E-state index contributed by atoms with van der Waals surface area (Å²) in [5.41, 5.74) is 0.966. The Labute approximate surface area is 210 Å². The number of nitrogens with one attached hydrogen (secondary N) is 4. The van der Waals surface area contributed by atoms with Gasteiger partial charge in [-0.3, -0.25) is 24.9 Å². The fraction of sp³-hybridized carbons (Fsp3) is 0.500. The van der Waals surface area contributed by atoms with Gasteiger partial charge in [0.05, 0.1) is 6.20 Å². The van der Waals surface area contributed by atoms with E-state index >= 15 is 0 Å². The first-order chi connectivity index (χ1) is 17.1. The van der Waals surface area contributed by atoms with Crippen molar-refractivity contribution < 1.29 is 14.3 Å². The largest absolute Gasteiger partial charge is 0.444 e. The van der Waals surface area contributed by atoms with Gasteiger partial charge < -0.3 is 15.4 Å². The lowest BCUT2D eigenvalue weighted by atomic mass is 10.1. The minimum atomic E-state index is -0.688. The molecule has 1 aliphatic heterocycles. The molecule has 1 aromatic carbocycles. The topological polar surface area (TPSA) is 138 Å². The smallest absolute Gasteiger partial charge is 0.413 e. The van der Waals surface area contributed by atoms with Crippen LogP contribution in [0.2, 0.25) is 0 Å². The van der Waals surface area contributed by atoms with Crippen LogP contribution in [-0.2, 0) is 22.5 Å². The number of anilines is 1. The molecular weight excluding hydrogens is 460 g/mol. The zero-order valence-corrected chi connectivity index (χ0v) is 21.0. The van der Waals surface area contributed by atoms with Crippen LogP contribution in [-0.4, -0.2) is 39.0 Å². The number of amidine groups is 1. The first-order valence-electron chi connectivity index (χ1n) is 12.4. The van der Waals surface area contributed by atoms with Crippen LogP contribution in [0.5, 0.6) is 0 Å². The molecule has 1 atom stereocenters. The van der Waals surface area contributed by atoms with Crippen LogP contribution in [0.25, 0.3) is 0 Å². The molecule has 1 saturated carbocycles. The Morgan fingerprint density at radius 2 is 1.83 bits per heavy atom. The Morgan fingerprint density at radius 1 is 1.14 bits per heavy atom. The van der Waals surface area contributed by atoms with Gasteiger partial charge in [-0.2, -0.15) is 0 Å². The number of nitrogens with zero attached hydrogens (tertiary/aromatic N) is 2. The van der Waals surface area contributed by atoms with Gasteiger partial charge in [-0.1, -0.05) is 37.1 Å². The third kappa shape index (κ3) is 6.10. The molecule has 0 radical (unpaired) electrons. The molecule has 2 aliphatic rings. The van der Waals surface area contributed by atoms with Crippen molar-refractivity contribution in [3.05, 3.63) is 57.8 Å². The van der Waals surface area contributed by atoms with Gasteiger partial charge in [-0.25, -0.2) is 9.78 Å². The molecule has 4 rings (SSSR count). The van der Waals surface area contributed by atoms with E-state index in [1.807, 2.05) is 0 Å². The van der Waals surface area contributed by atoms with Crippen molar-refractivity contribution >= 4 is 23.5 Å². The fourth-order valence-corrected chi connectivity index (χ4v) is 4.62. The second-order valence-electron chi connectivity index (χ2n) is 10.4. The van der Waals surface area contributed by atoms with Crippen LogP contribution in [0, 0.1) is 5.41 Å². The third-order valence-electron chi connectivity index (χ3n) is 6.38. The van der Waals surface area contributed by atoms with Crippen molar-refractivity contribution in [2.24, 2.45) is 0 Å². The number of ether oxygens (including phenoxy) is 1. The van der Waals surface area contributed by atoms with E-state index in [0.717, 1.165) is 31.2 Å². The number of aryl methyl sites for hydroxylation is 1. The highest BCUT2D eigenvalue weighted by molar-refractivity contribution is 6.04.